The van der Waals surface area contributed by atoms with Crippen molar-refractivity contribution in [2.75, 3.05) is 0 Å². The smallest absolute Gasteiger partial charge is 0.110 e. The molecule has 1 fully saturated rings. The van der Waals surface area contributed by atoms with E-state index in [4.69, 9.17) is 4.98 Å². The van der Waals surface area contributed by atoms with E-state index in [0.29, 0.717) is 11.3 Å². The van der Waals surface area contributed by atoms with E-state index in [1.165, 1.54) is 37.1 Å². The summed E-state index contributed by atoms with van der Waals surface area (Å²) in [5.74, 6) is 2.65. The summed E-state index contributed by atoms with van der Waals surface area (Å²) in [6, 6.07) is 4.28. The van der Waals surface area contributed by atoms with E-state index in [-0.39, 0.29) is 0 Å². The van der Waals surface area contributed by atoms with Crippen molar-refractivity contribution in [3.05, 3.63) is 28.0 Å². The number of benzene rings is 1. The molecule has 1 aliphatic rings. The molecule has 1 aromatic heterocycles. The Morgan fingerprint density at radius 1 is 1.14 bits per heavy atom. The van der Waals surface area contributed by atoms with E-state index >= 15 is 0 Å². The molecule has 0 bridgehead atoms. The third-order valence-corrected chi connectivity index (χ3v) is 5.56. The molecule has 3 heteroatoms. The molecule has 1 aromatic carbocycles. The average Bonchev–Trinajstić information content (AvgIpc) is 2.82. The number of halogens is 1. The first-order valence-corrected chi connectivity index (χ1v) is 8.79. The van der Waals surface area contributed by atoms with Gasteiger partial charge in [-0.2, -0.15) is 0 Å². The van der Waals surface area contributed by atoms with Gasteiger partial charge < -0.3 is 4.98 Å². The average molecular weight is 349 g/mol. The standard InChI is InChI=1S/C18H25BrN2/c1-11-9-14(19)10-15-16(11)21-17(20-15)12-5-7-13(8-6-12)18(2,3)4/h9-10,12-13H,5-8H2,1-4H3,(H,20,21). The highest BCUT2D eigenvalue weighted by molar-refractivity contribution is 9.10. The van der Waals surface area contributed by atoms with Crippen molar-refractivity contribution in [3.8, 4) is 0 Å². The lowest BCUT2D eigenvalue weighted by Gasteiger charge is -2.36. The van der Waals surface area contributed by atoms with Gasteiger partial charge >= 0.3 is 0 Å². The summed E-state index contributed by atoms with van der Waals surface area (Å²) in [7, 11) is 0. The second-order valence-corrected chi connectivity index (χ2v) is 8.57. The molecule has 0 atom stereocenters. The van der Waals surface area contributed by atoms with Gasteiger partial charge in [-0.3, -0.25) is 0 Å². The van der Waals surface area contributed by atoms with E-state index in [2.05, 4.69) is 60.7 Å². The maximum atomic E-state index is 4.89. The molecule has 0 amide bonds. The summed E-state index contributed by atoms with van der Waals surface area (Å²) in [4.78, 5) is 8.45. The molecule has 1 aliphatic carbocycles. The van der Waals surface area contributed by atoms with Gasteiger partial charge in [0.2, 0.25) is 0 Å². The first-order chi connectivity index (χ1) is 9.84. The lowest BCUT2D eigenvalue weighted by molar-refractivity contribution is 0.167. The van der Waals surface area contributed by atoms with Gasteiger partial charge in [0.15, 0.2) is 0 Å². The molecule has 0 saturated heterocycles. The third-order valence-electron chi connectivity index (χ3n) is 5.10. The lowest BCUT2D eigenvalue weighted by atomic mass is 9.70. The van der Waals surface area contributed by atoms with Crippen molar-refractivity contribution in [3.63, 3.8) is 0 Å². The quantitative estimate of drug-likeness (QED) is 0.677. The highest BCUT2D eigenvalue weighted by Gasteiger charge is 2.31. The summed E-state index contributed by atoms with van der Waals surface area (Å²) < 4.78 is 1.12. The summed E-state index contributed by atoms with van der Waals surface area (Å²) in [6.07, 6.45) is 5.19. The first kappa shape index (κ1) is 15.1. The van der Waals surface area contributed by atoms with Gasteiger partial charge in [-0.15, -0.1) is 0 Å². The minimum Gasteiger partial charge on any atom is -0.342 e. The molecule has 2 nitrogen and oxygen atoms in total. The molecule has 114 valence electrons. The molecule has 1 N–H and O–H groups in total. The minimum atomic E-state index is 0.445. The first-order valence-electron chi connectivity index (χ1n) is 8.00. The zero-order chi connectivity index (χ0) is 15.2. The molecule has 21 heavy (non-hydrogen) atoms. The number of nitrogens with one attached hydrogen (secondary N) is 1. The number of fused-ring (bicyclic) bond motifs is 1. The summed E-state index contributed by atoms with van der Waals surface area (Å²) >= 11 is 3.57. The number of hydrogen-bond acceptors (Lipinski definition) is 1. The fourth-order valence-corrected chi connectivity index (χ4v) is 4.26. The molecular weight excluding hydrogens is 324 g/mol. The van der Waals surface area contributed by atoms with Crippen LogP contribution in [0.2, 0.25) is 0 Å². The Balaban J connectivity index is 1.81. The van der Waals surface area contributed by atoms with Crippen LogP contribution in [-0.2, 0) is 0 Å². The summed E-state index contributed by atoms with van der Waals surface area (Å²) in [5.41, 5.74) is 3.98. The van der Waals surface area contributed by atoms with Crippen molar-refractivity contribution in [1.82, 2.24) is 9.97 Å². The van der Waals surface area contributed by atoms with Crippen LogP contribution in [0, 0.1) is 18.3 Å². The van der Waals surface area contributed by atoms with Crippen molar-refractivity contribution in [1.29, 1.82) is 0 Å². The zero-order valence-corrected chi connectivity index (χ0v) is 15.0. The van der Waals surface area contributed by atoms with Gasteiger partial charge in [-0.05, 0) is 61.6 Å². The Hall–Kier alpha value is -0.830. The van der Waals surface area contributed by atoms with Gasteiger partial charge in [0.1, 0.15) is 5.82 Å². The molecule has 0 radical (unpaired) electrons. The largest absolute Gasteiger partial charge is 0.342 e. The second-order valence-electron chi connectivity index (χ2n) is 7.66. The van der Waals surface area contributed by atoms with Crippen LogP contribution >= 0.6 is 15.9 Å². The number of aromatic amines is 1. The molecule has 3 rings (SSSR count). The van der Waals surface area contributed by atoms with Crippen LogP contribution in [0.3, 0.4) is 0 Å². The minimum absolute atomic E-state index is 0.445. The molecular formula is C18H25BrN2. The lowest BCUT2D eigenvalue weighted by Crippen LogP contribution is -2.25. The number of rotatable bonds is 1. The van der Waals surface area contributed by atoms with Crippen molar-refractivity contribution < 1.29 is 0 Å². The van der Waals surface area contributed by atoms with E-state index in [1.54, 1.807) is 0 Å². The predicted molar refractivity (Wildman–Crippen MR) is 92.7 cm³/mol. The topological polar surface area (TPSA) is 28.7 Å². The fourth-order valence-electron chi connectivity index (χ4n) is 3.69. The van der Waals surface area contributed by atoms with Gasteiger partial charge in [0.05, 0.1) is 11.0 Å². The van der Waals surface area contributed by atoms with Crippen molar-refractivity contribution in [2.45, 2.75) is 59.3 Å². The highest BCUT2D eigenvalue weighted by atomic mass is 79.9. The fraction of sp³-hybridized carbons (Fsp3) is 0.611. The summed E-state index contributed by atoms with van der Waals surface area (Å²) in [5, 5.41) is 0. The number of H-pyrrole nitrogens is 1. The van der Waals surface area contributed by atoms with Crippen LogP contribution in [0.4, 0.5) is 0 Å². The monoisotopic (exact) mass is 348 g/mol. The Kier molecular flexibility index (Phi) is 3.89. The molecule has 1 saturated carbocycles. The van der Waals surface area contributed by atoms with Crippen LogP contribution in [0.25, 0.3) is 11.0 Å². The maximum absolute atomic E-state index is 4.89. The third kappa shape index (κ3) is 3.03. The van der Waals surface area contributed by atoms with Crippen LogP contribution in [0.5, 0.6) is 0 Å². The Bertz CT molecular complexity index is 643. The second kappa shape index (κ2) is 5.42. The SMILES string of the molecule is Cc1cc(Br)cc2[nH]c(C3CCC(C(C)(C)C)CC3)nc12. The van der Waals surface area contributed by atoms with E-state index in [1.807, 2.05) is 0 Å². The van der Waals surface area contributed by atoms with Gasteiger partial charge in [0.25, 0.3) is 0 Å². The van der Waals surface area contributed by atoms with Gasteiger partial charge in [-0.25, -0.2) is 4.98 Å². The van der Waals surface area contributed by atoms with Crippen LogP contribution in [0.15, 0.2) is 16.6 Å². The van der Waals surface area contributed by atoms with Crippen LogP contribution in [-0.4, -0.2) is 9.97 Å². The number of aryl methyl sites for hydroxylation is 1. The number of imidazole rings is 1. The van der Waals surface area contributed by atoms with Crippen molar-refractivity contribution >= 4 is 27.0 Å². The van der Waals surface area contributed by atoms with E-state index in [0.717, 1.165) is 21.4 Å². The van der Waals surface area contributed by atoms with E-state index in [9.17, 15) is 0 Å². The molecule has 2 aromatic rings. The maximum Gasteiger partial charge on any atom is 0.110 e. The number of nitrogens with zero attached hydrogens (tertiary/aromatic N) is 1. The van der Waals surface area contributed by atoms with Crippen LogP contribution < -0.4 is 0 Å². The Labute approximate surface area is 135 Å². The van der Waals surface area contributed by atoms with Crippen LogP contribution in [0.1, 0.15) is 63.8 Å². The number of hydrogen-bond donors (Lipinski definition) is 1. The Morgan fingerprint density at radius 2 is 1.81 bits per heavy atom. The molecule has 1 heterocycles. The molecule has 0 unspecified atom stereocenters. The van der Waals surface area contributed by atoms with E-state index < -0.39 is 0 Å². The van der Waals surface area contributed by atoms with Crippen molar-refractivity contribution in [2.24, 2.45) is 11.3 Å². The molecule has 0 spiro atoms. The van der Waals surface area contributed by atoms with Gasteiger partial charge in [0, 0.05) is 10.4 Å². The predicted octanol–water partition coefficient (Wildman–Crippen LogP) is 5.95. The van der Waals surface area contributed by atoms with Gasteiger partial charge in [-0.1, -0.05) is 36.7 Å². The molecule has 0 aliphatic heterocycles. The summed E-state index contributed by atoms with van der Waals surface area (Å²) in [6.45, 7) is 9.26. The zero-order valence-electron chi connectivity index (χ0n) is 13.5. The number of aromatic nitrogens is 2. The Morgan fingerprint density at radius 3 is 2.43 bits per heavy atom. The normalized spacial score (nSPS) is 23.7. The highest BCUT2D eigenvalue weighted by Crippen LogP contribution is 2.42.